The lowest BCUT2D eigenvalue weighted by Crippen LogP contribution is -2.18. The molecule has 6 N–H and O–H groups in total. The summed E-state index contributed by atoms with van der Waals surface area (Å²) in [6.07, 6.45) is -0.0498. The lowest BCUT2D eigenvalue weighted by molar-refractivity contribution is 0.561. The number of nitrogens with one attached hydrogen (secondary N) is 1. The Morgan fingerprint density at radius 3 is 2.44 bits per heavy atom. The van der Waals surface area contributed by atoms with Crippen molar-refractivity contribution in [2.45, 2.75) is 6.42 Å². The van der Waals surface area contributed by atoms with Crippen LogP contribution in [0.15, 0.2) is 0 Å². The van der Waals surface area contributed by atoms with Crippen LogP contribution in [0.4, 0.5) is 0 Å². The highest BCUT2D eigenvalue weighted by molar-refractivity contribution is 7.94. The molecule has 0 aliphatic rings. The molecule has 0 bridgehead atoms. The summed E-state index contributed by atoms with van der Waals surface area (Å²) >= 11 is 0. The summed E-state index contributed by atoms with van der Waals surface area (Å²) in [7, 11) is -3.32. The Kier molecular flexibility index (Phi) is 2.63. The van der Waals surface area contributed by atoms with Gasteiger partial charge >= 0.3 is 0 Å². The fourth-order valence-electron chi connectivity index (χ4n) is 0.209. The quantitative estimate of drug-likeness (QED) is 0.224. The second-order valence-electron chi connectivity index (χ2n) is 1.51. The van der Waals surface area contributed by atoms with Gasteiger partial charge in [-0.15, -0.1) is 0 Å². The van der Waals surface area contributed by atoms with E-state index in [2.05, 4.69) is 5.14 Å². The molecule has 0 aliphatic carbocycles. The zero-order valence-electron chi connectivity index (χ0n) is 4.70. The molecule has 1 atom stereocenters. The van der Waals surface area contributed by atoms with E-state index < -0.39 is 9.99 Å². The van der Waals surface area contributed by atoms with E-state index in [1.807, 2.05) is 0 Å². The highest BCUT2D eigenvalue weighted by Crippen LogP contribution is 1.73. The van der Waals surface area contributed by atoms with Crippen LogP contribution in [0.3, 0.4) is 0 Å². The van der Waals surface area contributed by atoms with Gasteiger partial charge in [-0.2, -0.15) is 0 Å². The first-order valence-electron chi connectivity index (χ1n) is 2.12. The SMILES string of the molecule is N=C(N)CC=S(N)(=O)O. The molecule has 0 aromatic heterocycles. The summed E-state index contributed by atoms with van der Waals surface area (Å²) < 4.78 is 18.6. The fourth-order valence-corrected chi connectivity index (χ4v) is 0.628. The Bertz CT molecular complexity index is 207. The number of hydrogen-bond donors (Lipinski definition) is 4. The molecule has 0 aliphatic heterocycles. The van der Waals surface area contributed by atoms with Gasteiger partial charge in [-0.1, -0.05) is 0 Å². The molecule has 0 saturated heterocycles. The third-order valence-corrected chi connectivity index (χ3v) is 1.19. The van der Waals surface area contributed by atoms with Gasteiger partial charge in [-0.05, 0) is 0 Å². The largest absolute Gasteiger partial charge is 0.387 e. The van der Waals surface area contributed by atoms with Gasteiger partial charge in [0.15, 0.2) is 0 Å². The van der Waals surface area contributed by atoms with E-state index in [9.17, 15) is 4.21 Å². The molecular weight excluding hydrogens is 142 g/mol. The first-order valence-corrected chi connectivity index (χ1v) is 3.76. The van der Waals surface area contributed by atoms with Crippen LogP contribution in [0.25, 0.3) is 0 Å². The molecule has 0 radical (unpaired) electrons. The molecule has 0 rings (SSSR count). The fraction of sp³-hybridized carbons (Fsp3) is 0.333. The summed E-state index contributed by atoms with van der Waals surface area (Å²) in [5, 5.41) is 12.2. The van der Waals surface area contributed by atoms with Crippen LogP contribution in [-0.4, -0.2) is 20.0 Å². The first-order chi connectivity index (χ1) is 3.92. The molecule has 6 heteroatoms. The van der Waals surface area contributed by atoms with Crippen molar-refractivity contribution in [3.63, 3.8) is 0 Å². The van der Waals surface area contributed by atoms with Crippen LogP contribution in [-0.2, 0) is 9.99 Å². The monoisotopic (exact) mass is 151 g/mol. The Hall–Kier alpha value is -0.590. The lowest BCUT2D eigenvalue weighted by atomic mass is 10.5. The van der Waals surface area contributed by atoms with Gasteiger partial charge in [0.25, 0.3) is 0 Å². The molecule has 54 valence electrons. The highest BCUT2D eigenvalue weighted by Gasteiger charge is 1.90. The number of amidine groups is 1. The number of hydrogen-bond acceptors (Lipinski definition) is 2. The minimum absolute atomic E-state index is 0.0498. The van der Waals surface area contributed by atoms with Crippen molar-refractivity contribution in [3.8, 4) is 0 Å². The summed E-state index contributed by atoms with van der Waals surface area (Å²) in [5.41, 5.74) is 4.86. The summed E-state index contributed by atoms with van der Waals surface area (Å²) in [5.74, 6) is -0.178. The van der Waals surface area contributed by atoms with Gasteiger partial charge in [0.1, 0.15) is 9.99 Å². The zero-order chi connectivity index (χ0) is 7.49. The van der Waals surface area contributed by atoms with Gasteiger partial charge < -0.3 is 10.3 Å². The van der Waals surface area contributed by atoms with Crippen molar-refractivity contribution < 1.29 is 8.76 Å². The maximum absolute atomic E-state index is 10.2. The normalized spacial score (nSPS) is 16.2. The van der Waals surface area contributed by atoms with Crippen molar-refractivity contribution in [3.05, 3.63) is 0 Å². The molecule has 5 nitrogen and oxygen atoms in total. The molecule has 0 heterocycles. The minimum atomic E-state index is -3.32. The van der Waals surface area contributed by atoms with Crippen molar-refractivity contribution in [2.75, 3.05) is 0 Å². The van der Waals surface area contributed by atoms with Crippen molar-refractivity contribution in [1.82, 2.24) is 0 Å². The van der Waals surface area contributed by atoms with E-state index in [-0.39, 0.29) is 12.3 Å². The van der Waals surface area contributed by atoms with Gasteiger partial charge in [-0.3, -0.25) is 5.41 Å². The predicted octanol–water partition coefficient (Wildman–Crippen LogP) is -1.25. The first kappa shape index (κ1) is 8.41. The Morgan fingerprint density at radius 2 is 2.33 bits per heavy atom. The molecule has 0 fully saturated rings. The van der Waals surface area contributed by atoms with Crippen molar-refractivity contribution in [2.24, 2.45) is 10.9 Å². The molecule has 9 heavy (non-hydrogen) atoms. The van der Waals surface area contributed by atoms with Gasteiger partial charge in [0, 0.05) is 11.8 Å². The Labute approximate surface area is 53.5 Å². The molecule has 1 unspecified atom stereocenters. The van der Waals surface area contributed by atoms with E-state index in [1.54, 1.807) is 0 Å². The molecule has 0 amide bonds. The maximum Gasteiger partial charge on any atom is 0.139 e. The van der Waals surface area contributed by atoms with Gasteiger partial charge in [0.05, 0.1) is 5.84 Å². The molecule has 0 aromatic carbocycles. The summed E-state index contributed by atoms with van der Waals surface area (Å²) in [6.45, 7) is 0. The minimum Gasteiger partial charge on any atom is -0.387 e. The van der Waals surface area contributed by atoms with Crippen LogP contribution in [0.1, 0.15) is 6.42 Å². The van der Waals surface area contributed by atoms with Crippen LogP contribution >= 0.6 is 0 Å². The second-order valence-corrected chi connectivity index (χ2v) is 3.07. The van der Waals surface area contributed by atoms with E-state index in [0.29, 0.717) is 0 Å². The zero-order valence-corrected chi connectivity index (χ0v) is 5.52. The third kappa shape index (κ3) is 7.41. The molecule has 0 saturated carbocycles. The van der Waals surface area contributed by atoms with Crippen LogP contribution in [0.2, 0.25) is 0 Å². The van der Waals surface area contributed by atoms with Crippen LogP contribution < -0.4 is 10.9 Å². The standard InChI is InChI=1S/C3H9N3O2S/c4-3(5)1-2-9(6,7)8/h2H,1H2,(H3,4,5)(H3,6,7,8). The maximum atomic E-state index is 10.2. The average Bonchev–Trinajstić information content (AvgIpc) is 1.59. The van der Waals surface area contributed by atoms with Crippen molar-refractivity contribution >= 4 is 21.2 Å². The summed E-state index contributed by atoms with van der Waals surface area (Å²) in [6, 6.07) is 0. The lowest BCUT2D eigenvalue weighted by Gasteiger charge is -1.91. The van der Waals surface area contributed by atoms with Crippen LogP contribution in [0.5, 0.6) is 0 Å². The van der Waals surface area contributed by atoms with E-state index in [0.717, 1.165) is 5.37 Å². The molecule has 0 aromatic rings. The number of nitrogens with two attached hydrogens (primary N) is 2. The molecular formula is C3H9N3O2S. The summed E-state index contributed by atoms with van der Waals surface area (Å²) in [4.78, 5) is 0. The Balaban J connectivity index is 4.03. The second kappa shape index (κ2) is 2.81. The van der Waals surface area contributed by atoms with E-state index in [1.165, 1.54) is 0 Å². The Morgan fingerprint density at radius 1 is 1.89 bits per heavy atom. The topological polar surface area (TPSA) is 113 Å². The van der Waals surface area contributed by atoms with Crippen LogP contribution in [0, 0.1) is 5.41 Å². The van der Waals surface area contributed by atoms with Gasteiger partial charge in [-0.25, -0.2) is 9.35 Å². The van der Waals surface area contributed by atoms with E-state index >= 15 is 0 Å². The van der Waals surface area contributed by atoms with Crippen molar-refractivity contribution in [1.29, 1.82) is 5.41 Å². The third-order valence-electron chi connectivity index (χ3n) is 0.542. The molecule has 0 spiro atoms. The highest BCUT2D eigenvalue weighted by atomic mass is 32.2. The predicted molar refractivity (Wildman–Crippen MR) is 37.6 cm³/mol. The van der Waals surface area contributed by atoms with E-state index in [4.69, 9.17) is 15.7 Å². The number of rotatable bonds is 2. The van der Waals surface area contributed by atoms with Gasteiger partial charge in [0.2, 0.25) is 0 Å². The smallest absolute Gasteiger partial charge is 0.139 e. The average molecular weight is 151 g/mol.